The van der Waals surface area contributed by atoms with E-state index in [2.05, 4.69) is 13.8 Å². The Balaban J connectivity index is 3.45. The average Bonchev–Trinajstić information content (AvgIpc) is 2.18. The predicted molar refractivity (Wildman–Crippen MR) is 67.9 cm³/mol. The molecule has 0 radical (unpaired) electrons. The zero-order valence-electron chi connectivity index (χ0n) is 9.88. The Hall–Kier alpha value is 0.420. The van der Waals surface area contributed by atoms with Gasteiger partial charge in [0, 0.05) is 12.3 Å². The Bertz CT molecular complexity index is 175. The van der Waals surface area contributed by atoms with Gasteiger partial charge < -0.3 is 0 Å². The second kappa shape index (κ2) is 10.9. The fourth-order valence-electron chi connectivity index (χ4n) is 1.27. The molecule has 92 valence electrons. The van der Waals surface area contributed by atoms with Crippen LogP contribution in [0.5, 0.6) is 0 Å². The molecule has 0 aromatic carbocycles. The van der Waals surface area contributed by atoms with Gasteiger partial charge in [0.2, 0.25) is 0 Å². The third-order valence-corrected chi connectivity index (χ3v) is 5.54. The maximum atomic E-state index is 11.3. The molecule has 3 nitrogen and oxygen atoms in total. The van der Waals surface area contributed by atoms with E-state index in [1.54, 1.807) is 0 Å². The summed E-state index contributed by atoms with van der Waals surface area (Å²) in [6.45, 7) is 4.21. The van der Waals surface area contributed by atoms with E-state index in [0.29, 0.717) is 12.3 Å². The first-order valence-electron chi connectivity index (χ1n) is 5.94. The number of hydrogen-bond donors (Lipinski definition) is 0. The Labute approximate surface area is 94.7 Å². The quantitative estimate of drug-likeness (QED) is 0.430. The van der Waals surface area contributed by atoms with Gasteiger partial charge in [-0.25, -0.2) is 0 Å². The molecule has 2 atom stereocenters. The van der Waals surface area contributed by atoms with Crippen molar-refractivity contribution in [1.29, 1.82) is 0 Å². The summed E-state index contributed by atoms with van der Waals surface area (Å²) in [6.07, 6.45) is 7.44. The van der Waals surface area contributed by atoms with Gasteiger partial charge in [-0.2, -0.15) is 0 Å². The molecule has 0 aliphatic carbocycles. The predicted octanol–water partition coefficient (Wildman–Crippen LogP) is 4.33. The lowest BCUT2D eigenvalue weighted by molar-refractivity contribution is 0.484. The summed E-state index contributed by atoms with van der Waals surface area (Å²) in [4.78, 5) is 0. The first kappa shape index (κ1) is 15.4. The van der Waals surface area contributed by atoms with Crippen molar-refractivity contribution in [3.05, 3.63) is 0 Å². The molecule has 0 spiro atoms. The van der Waals surface area contributed by atoms with E-state index in [1.807, 2.05) is 0 Å². The molecule has 15 heavy (non-hydrogen) atoms. The molecular weight excluding hydrogens is 230 g/mol. The number of hydrogen-bond acceptors (Lipinski definition) is 3. The van der Waals surface area contributed by atoms with Crippen LogP contribution in [0.4, 0.5) is 0 Å². The Morgan fingerprint density at radius 3 is 1.53 bits per heavy atom. The molecule has 0 aliphatic rings. The van der Waals surface area contributed by atoms with Crippen molar-refractivity contribution < 1.29 is 13.4 Å². The van der Waals surface area contributed by atoms with Crippen molar-refractivity contribution in [2.24, 2.45) is 0 Å². The van der Waals surface area contributed by atoms with Crippen LogP contribution in [-0.2, 0) is 13.4 Å². The highest BCUT2D eigenvalue weighted by molar-refractivity contribution is 7.53. The van der Waals surface area contributed by atoms with Crippen molar-refractivity contribution >= 4 is 16.1 Å². The first-order valence-corrected chi connectivity index (χ1v) is 8.99. The molecule has 0 rings (SSSR count). The summed E-state index contributed by atoms with van der Waals surface area (Å²) in [5.41, 5.74) is 0. The summed E-state index contributed by atoms with van der Waals surface area (Å²) >= 11 is 0. The van der Waals surface area contributed by atoms with Crippen LogP contribution in [0.15, 0.2) is 0 Å². The van der Waals surface area contributed by atoms with Crippen LogP contribution in [0, 0.1) is 0 Å². The lowest BCUT2D eigenvalue weighted by Gasteiger charge is -2.03. The fourth-order valence-corrected chi connectivity index (χ4v) is 4.18. The Morgan fingerprint density at radius 1 is 0.800 bits per heavy atom. The number of unbranched alkanes of at least 4 members (excludes halogenated alkanes) is 4. The molecular formula is C10H24O3P2. The minimum absolute atomic E-state index is 0.600. The molecule has 0 aromatic heterocycles. The molecule has 5 heteroatoms. The van der Waals surface area contributed by atoms with Gasteiger partial charge in [0.25, 0.3) is 0 Å². The van der Waals surface area contributed by atoms with Crippen molar-refractivity contribution in [1.82, 2.24) is 0 Å². The highest BCUT2D eigenvalue weighted by atomic mass is 31.2. The monoisotopic (exact) mass is 254 g/mol. The molecule has 0 amide bonds. The van der Waals surface area contributed by atoms with Gasteiger partial charge >= 0.3 is 0 Å². The van der Waals surface area contributed by atoms with E-state index in [1.165, 1.54) is 0 Å². The smallest absolute Gasteiger partial charge is 0.197 e. The molecule has 2 unspecified atom stereocenters. The largest absolute Gasteiger partial charge is 0.296 e. The molecule has 0 N–H and O–H groups in total. The van der Waals surface area contributed by atoms with Crippen LogP contribution in [-0.4, -0.2) is 12.3 Å². The topological polar surface area (TPSA) is 43.4 Å². The average molecular weight is 254 g/mol. The zero-order chi connectivity index (χ0) is 11.5. The standard InChI is InChI=1S/C10H24O3P2/c1-3-5-7-9-14(11)13-15(12)10-8-6-4-2/h14-15H,3-10H2,1-2H3. The van der Waals surface area contributed by atoms with E-state index < -0.39 is 16.1 Å². The lowest BCUT2D eigenvalue weighted by Crippen LogP contribution is -1.83. The van der Waals surface area contributed by atoms with Gasteiger partial charge in [0.05, 0.1) is 0 Å². The molecule has 0 aliphatic heterocycles. The SMILES string of the molecule is CCCCC[PH](=O)O[PH](=O)CCCCC. The minimum atomic E-state index is -2.02. The third-order valence-electron chi connectivity index (χ3n) is 2.20. The summed E-state index contributed by atoms with van der Waals surface area (Å²) < 4.78 is 27.7. The fraction of sp³-hybridized carbons (Fsp3) is 1.00. The Morgan fingerprint density at radius 2 is 1.20 bits per heavy atom. The summed E-state index contributed by atoms with van der Waals surface area (Å²) in [6, 6.07) is 0. The molecule has 0 heterocycles. The maximum Gasteiger partial charge on any atom is 0.197 e. The van der Waals surface area contributed by atoms with Crippen LogP contribution in [0.25, 0.3) is 0 Å². The van der Waals surface area contributed by atoms with Crippen molar-refractivity contribution in [2.75, 3.05) is 12.3 Å². The summed E-state index contributed by atoms with van der Waals surface area (Å²) in [5.74, 6) is 0. The Kier molecular flexibility index (Phi) is 11.2. The van der Waals surface area contributed by atoms with Crippen LogP contribution in [0.3, 0.4) is 0 Å². The van der Waals surface area contributed by atoms with Crippen molar-refractivity contribution in [3.8, 4) is 0 Å². The lowest BCUT2D eigenvalue weighted by atomic mass is 10.3. The molecule has 0 fully saturated rings. The van der Waals surface area contributed by atoms with Gasteiger partial charge in [0.1, 0.15) is 0 Å². The first-order chi connectivity index (χ1) is 7.20. The van der Waals surface area contributed by atoms with E-state index in [4.69, 9.17) is 4.31 Å². The molecule has 0 bridgehead atoms. The van der Waals surface area contributed by atoms with Crippen molar-refractivity contribution in [3.63, 3.8) is 0 Å². The second-order valence-electron chi connectivity index (χ2n) is 3.76. The highest BCUT2D eigenvalue weighted by Gasteiger charge is 2.05. The van der Waals surface area contributed by atoms with Crippen molar-refractivity contribution in [2.45, 2.75) is 52.4 Å². The minimum Gasteiger partial charge on any atom is -0.296 e. The van der Waals surface area contributed by atoms with Gasteiger partial charge in [-0.1, -0.05) is 39.5 Å². The highest BCUT2D eigenvalue weighted by Crippen LogP contribution is 2.39. The molecule has 0 aromatic rings. The van der Waals surface area contributed by atoms with Gasteiger partial charge in [0.15, 0.2) is 16.1 Å². The molecule has 0 saturated carbocycles. The maximum absolute atomic E-state index is 11.3. The van der Waals surface area contributed by atoms with E-state index in [0.717, 1.165) is 38.5 Å². The third kappa shape index (κ3) is 10.7. The summed E-state index contributed by atoms with van der Waals surface area (Å²) in [7, 11) is -4.03. The zero-order valence-corrected chi connectivity index (χ0v) is 11.9. The normalized spacial score (nSPS) is 15.1. The van der Waals surface area contributed by atoms with Gasteiger partial charge in [-0.3, -0.25) is 13.4 Å². The van der Waals surface area contributed by atoms with E-state index in [9.17, 15) is 9.13 Å². The summed E-state index contributed by atoms with van der Waals surface area (Å²) in [5, 5.41) is 0. The second-order valence-corrected chi connectivity index (χ2v) is 7.06. The molecule has 0 saturated heterocycles. The van der Waals surface area contributed by atoms with Crippen LogP contribution in [0.2, 0.25) is 0 Å². The van der Waals surface area contributed by atoms with Gasteiger partial charge in [-0.05, 0) is 12.8 Å². The van der Waals surface area contributed by atoms with E-state index in [-0.39, 0.29) is 0 Å². The number of rotatable bonds is 10. The van der Waals surface area contributed by atoms with Gasteiger partial charge in [-0.15, -0.1) is 0 Å². The van der Waals surface area contributed by atoms with Crippen LogP contribution >= 0.6 is 16.1 Å². The van der Waals surface area contributed by atoms with Crippen LogP contribution < -0.4 is 0 Å². The van der Waals surface area contributed by atoms with E-state index >= 15 is 0 Å². The van der Waals surface area contributed by atoms with Crippen LogP contribution in [0.1, 0.15) is 52.4 Å².